The first-order valence-corrected chi connectivity index (χ1v) is 9.88. The zero-order chi connectivity index (χ0) is 22.9. The van der Waals surface area contributed by atoms with Crippen LogP contribution >= 0.6 is 0 Å². The number of aliphatic hydroxyl groups is 1. The SMILES string of the molecule is COCCCNC(=O)c1ccc(-c2noc([C@H](CO)N(C=O)c3ccc(F)cc3)n2)cc1. The number of halogens is 1. The highest BCUT2D eigenvalue weighted by Gasteiger charge is 2.26. The highest BCUT2D eigenvalue weighted by Crippen LogP contribution is 2.27. The lowest BCUT2D eigenvalue weighted by molar-refractivity contribution is -0.108. The Bertz CT molecular complexity index is 1020. The van der Waals surface area contributed by atoms with Gasteiger partial charge in [0, 0.05) is 37.1 Å². The average Bonchev–Trinajstić information content (AvgIpc) is 3.31. The van der Waals surface area contributed by atoms with Crippen molar-refractivity contribution in [1.82, 2.24) is 15.5 Å². The third-order valence-corrected chi connectivity index (χ3v) is 4.69. The van der Waals surface area contributed by atoms with Crippen molar-refractivity contribution in [3.63, 3.8) is 0 Å². The molecule has 2 amide bonds. The average molecular weight is 442 g/mol. The monoisotopic (exact) mass is 442 g/mol. The lowest BCUT2D eigenvalue weighted by Crippen LogP contribution is -2.30. The second-order valence-electron chi connectivity index (χ2n) is 6.82. The fourth-order valence-electron chi connectivity index (χ4n) is 2.99. The number of aromatic nitrogens is 2. The van der Waals surface area contributed by atoms with Gasteiger partial charge in [-0.3, -0.25) is 9.59 Å². The molecule has 10 heteroatoms. The number of hydrogen-bond donors (Lipinski definition) is 2. The van der Waals surface area contributed by atoms with Crippen LogP contribution in [-0.2, 0) is 9.53 Å². The molecule has 2 N–H and O–H groups in total. The Morgan fingerprint density at radius 1 is 1.25 bits per heavy atom. The first kappa shape index (κ1) is 23.0. The van der Waals surface area contributed by atoms with Crippen LogP contribution in [0.1, 0.15) is 28.7 Å². The number of ether oxygens (including phenoxy) is 1. The lowest BCUT2D eigenvalue weighted by atomic mass is 10.1. The van der Waals surface area contributed by atoms with Crippen LogP contribution in [0.2, 0.25) is 0 Å². The van der Waals surface area contributed by atoms with Gasteiger partial charge >= 0.3 is 0 Å². The van der Waals surface area contributed by atoms with E-state index in [-0.39, 0.29) is 17.6 Å². The van der Waals surface area contributed by atoms with Gasteiger partial charge in [0.15, 0.2) is 0 Å². The van der Waals surface area contributed by atoms with E-state index < -0.39 is 18.5 Å². The maximum atomic E-state index is 13.2. The largest absolute Gasteiger partial charge is 0.394 e. The fraction of sp³-hybridized carbons (Fsp3) is 0.273. The molecule has 168 valence electrons. The molecule has 32 heavy (non-hydrogen) atoms. The second kappa shape index (κ2) is 11.1. The van der Waals surface area contributed by atoms with Crippen LogP contribution < -0.4 is 10.2 Å². The van der Waals surface area contributed by atoms with Crippen molar-refractivity contribution in [3.05, 3.63) is 65.8 Å². The van der Waals surface area contributed by atoms with Gasteiger partial charge in [-0.05, 0) is 42.8 Å². The smallest absolute Gasteiger partial charge is 0.252 e. The first-order valence-electron chi connectivity index (χ1n) is 9.88. The van der Waals surface area contributed by atoms with Crippen molar-refractivity contribution < 1.29 is 28.3 Å². The van der Waals surface area contributed by atoms with E-state index in [9.17, 15) is 19.1 Å². The molecule has 2 aromatic carbocycles. The van der Waals surface area contributed by atoms with Crippen LogP contribution in [0.3, 0.4) is 0 Å². The Morgan fingerprint density at radius 2 is 1.97 bits per heavy atom. The minimum atomic E-state index is -0.948. The molecule has 0 saturated heterocycles. The number of nitrogens with one attached hydrogen (secondary N) is 1. The molecule has 0 saturated carbocycles. The van der Waals surface area contributed by atoms with E-state index in [1.807, 2.05) is 0 Å². The van der Waals surface area contributed by atoms with E-state index >= 15 is 0 Å². The van der Waals surface area contributed by atoms with E-state index in [0.717, 1.165) is 0 Å². The number of anilines is 1. The molecule has 9 nitrogen and oxygen atoms in total. The van der Waals surface area contributed by atoms with Gasteiger partial charge in [0.2, 0.25) is 12.2 Å². The zero-order valence-corrected chi connectivity index (χ0v) is 17.4. The van der Waals surface area contributed by atoms with Crippen LogP contribution in [0.15, 0.2) is 53.1 Å². The number of amides is 2. The Morgan fingerprint density at radius 3 is 2.59 bits per heavy atom. The van der Waals surface area contributed by atoms with E-state index in [2.05, 4.69) is 15.5 Å². The summed E-state index contributed by atoms with van der Waals surface area (Å²) in [5, 5.41) is 16.5. The number of nitrogens with zero attached hydrogens (tertiary/aromatic N) is 3. The highest BCUT2D eigenvalue weighted by atomic mass is 19.1. The molecule has 0 bridgehead atoms. The fourth-order valence-corrected chi connectivity index (χ4v) is 2.99. The number of methoxy groups -OCH3 is 1. The molecule has 0 aliphatic rings. The lowest BCUT2D eigenvalue weighted by Gasteiger charge is -2.23. The van der Waals surface area contributed by atoms with Crippen LogP contribution in [0, 0.1) is 5.82 Å². The van der Waals surface area contributed by atoms with E-state index in [1.54, 1.807) is 31.4 Å². The third kappa shape index (κ3) is 5.54. The van der Waals surface area contributed by atoms with Crippen molar-refractivity contribution in [2.24, 2.45) is 0 Å². The maximum Gasteiger partial charge on any atom is 0.252 e. The molecule has 0 aliphatic heterocycles. The summed E-state index contributed by atoms with van der Waals surface area (Å²) < 4.78 is 23.4. The molecule has 0 fully saturated rings. The second-order valence-corrected chi connectivity index (χ2v) is 6.82. The highest BCUT2D eigenvalue weighted by molar-refractivity contribution is 5.94. The van der Waals surface area contributed by atoms with E-state index in [0.29, 0.717) is 42.8 Å². The maximum absolute atomic E-state index is 13.2. The third-order valence-electron chi connectivity index (χ3n) is 4.69. The zero-order valence-electron chi connectivity index (χ0n) is 17.4. The molecule has 3 aromatic rings. The molecular formula is C22H23FN4O5. The van der Waals surface area contributed by atoms with Crippen molar-refractivity contribution in [2.45, 2.75) is 12.5 Å². The predicted octanol–water partition coefficient (Wildman–Crippen LogP) is 2.34. The van der Waals surface area contributed by atoms with Crippen molar-refractivity contribution in [1.29, 1.82) is 0 Å². The van der Waals surface area contributed by atoms with Crippen molar-refractivity contribution in [2.75, 3.05) is 31.8 Å². The number of carbonyl (C=O) groups excluding carboxylic acids is 2. The molecule has 0 aliphatic carbocycles. The van der Waals surface area contributed by atoms with Crippen LogP contribution in [-0.4, -0.2) is 54.4 Å². The van der Waals surface area contributed by atoms with E-state index in [4.69, 9.17) is 9.26 Å². The molecular weight excluding hydrogens is 419 g/mol. The first-order chi connectivity index (χ1) is 15.6. The van der Waals surface area contributed by atoms with Crippen LogP contribution in [0.5, 0.6) is 0 Å². The Balaban J connectivity index is 1.73. The molecule has 0 unspecified atom stereocenters. The van der Waals surface area contributed by atoms with Crippen molar-refractivity contribution in [3.8, 4) is 11.4 Å². The van der Waals surface area contributed by atoms with Gasteiger partial charge in [-0.2, -0.15) is 4.98 Å². The van der Waals surface area contributed by atoms with Gasteiger partial charge in [0.1, 0.15) is 11.9 Å². The topological polar surface area (TPSA) is 118 Å². The van der Waals surface area contributed by atoms with Crippen LogP contribution in [0.25, 0.3) is 11.4 Å². The summed E-state index contributed by atoms with van der Waals surface area (Å²) in [6, 6.07) is 10.9. The molecule has 0 radical (unpaired) electrons. The minimum Gasteiger partial charge on any atom is -0.394 e. The quantitative estimate of drug-likeness (QED) is 0.346. The summed E-state index contributed by atoms with van der Waals surface area (Å²) in [4.78, 5) is 29.3. The van der Waals surface area contributed by atoms with Gasteiger partial charge in [-0.25, -0.2) is 4.39 Å². The van der Waals surface area contributed by atoms with Gasteiger partial charge < -0.3 is 24.6 Å². The Hall–Kier alpha value is -3.63. The summed E-state index contributed by atoms with van der Waals surface area (Å²) >= 11 is 0. The molecule has 3 rings (SSSR count). The molecule has 1 atom stereocenters. The van der Waals surface area contributed by atoms with Gasteiger partial charge in [0.25, 0.3) is 11.8 Å². The van der Waals surface area contributed by atoms with Crippen molar-refractivity contribution >= 4 is 18.0 Å². The Labute approximate surface area is 183 Å². The molecule has 0 spiro atoms. The number of aliphatic hydroxyl groups excluding tert-OH is 1. The summed E-state index contributed by atoms with van der Waals surface area (Å²) in [6.07, 6.45) is 1.21. The molecule has 1 aromatic heterocycles. The minimum absolute atomic E-state index is 0.0129. The summed E-state index contributed by atoms with van der Waals surface area (Å²) in [6.45, 7) is 0.587. The summed E-state index contributed by atoms with van der Waals surface area (Å²) in [5.41, 5.74) is 1.43. The standard InChI is InChI=1S/C22H23FN4O5/c1-31-12-2-11-24-21(30)16-5-3-15(4-6-16)20-25-22(32-26-20)19(13-28)27(14-29)18-9-7-17(23)8-10-18/h3-10,14,19,28H,2,11-13H2,1H3,(H,24,30)/t19-/m0/s1. The van der Waals surface area contributed by atoms with Gasteiger partial charge in [-0.15, -0.1) is 0 Å². The summed E-state index contributed by atoms with van der Waals surface area (Å²) in [5.74, 6) is -0.413. The normalized spacial score (nSPS) is 11.7. The summed E-state index contributed by atoms with van der Waals surface area (Å²) in [7, 11) is 1.60. The molecule has 1 heterocycles. The number of carbonyl (C=O) groups is 2. The van der Waals surface area contributed by atoms with E-state index in [1.165, 1.54) is 29.2 Å². The number of rotatable bonds is 11. The predicted molar refractivity (Wildman–Crippen MR) is 113 cm³/mol. The van der Waals surface area contributed by atoms with Crippen LogP contribution in [0.4, 0.5) is 10.1 Å². The van der Waals surface area contributed by atoms with Gasteiger partial charge in [-0.1, -0.05) is 17.3 Å². The number of hydrogen-bond acceptors (Lipinski definition) is 7. The van der Waals surface area contributed by atoms with Gasteiger partial charge in [0.05, 0.1) is 6.61 Å². The number of benzene rings is 2. The Kier molecular flexibility index (Phi) is 8.01.